The van der Waals surface area contributed by atoms with Crippen molar-refractivity contribution in [3.8, 4) is 0 Å². The Balaban J connectivity index is 4.49. The summed E-state index contributed by atoms with van der Waals surface area (Å²) in [5.41, 5.74) is 0. The van der Waals surface area contributed by atoms with Crippen LogP contribution in [-0.2, 0) is 28.6 Å². The van der Waals surface area contributed by atoms with Gasteiger partial charge in [0.25, 0.3) is 0 Å². The van der Waals surface area contributed by atoms with Crippen LogP contribution in [0.4, 0.5) is 0 Å². The van der Waals surface area contributed by atoms with Crippen molar-refractivity contribution < 1.29 is 28.6 Å². The molecule has 1 atom stereocenters. The molecule has 6 nitrogen and oxygen atoms in total. The molecule has 0 spiro atoms. The number of ether oxygens (including phenoxy) is 3. The average Bonchev–Trinajstić information content (AvgIpc) is 3.22. The predicted octanol–water partition coefficient (Wildman–Crippen LogP) is 15.5. The predicted molar refractivity (Wildman–Crippen MR) is 247 cm³/mol. The van der Waals surface area contributed by atoms with Crippen LogP contribution in [0.3, 0.4) is 0 Å². The van der Waals surface area contributed by atoms with Crippen molar-refractivity contribution in [1.82, 2.24) is 0 Å². The fourth-order valence-corrected chi connectivity index (χ4v) is 6.29. The second-order valence-corrected chi connectivity index (χ2v) is 15.7. The van der Waals surface area contributed by atoms with Gasteiger partial charge in [0.15, 0.2) is 6.10 Å². The number of allylic oxidation sites excluding steroid dienone is 12. The van der Waals surface area contributed by atoms with Crippen molar-refractivity contribution in [1.29, 1.82) is 0 Å². The van der Waals surface area contributed by atoms with Crippen LogP contribution < -0.4 is 0 Å². The van der Waals surface area contributed by atoms with Gasteiger partial charge in [-0.25, -0.2) is 0 Å². The Morgan fingerprint density at radius 3 is 1.22 bits per heavy atom. The Morgan fingerprint density at radius 2 is 0.707 bits per heavy atom. The van der Waals surface area contributed by atoms with Crippen LogP contribution in [0.1, 0.15) is 220 Å². The number of esters is 3. The van der Waals surface area contributed by atoms with Gasteiger partial charge in [-0.2, -0.15) is 0 Å². The highest BCUT2D eigenvalue weighted by atomic mass is 16.6. The molecule has 0 saturated carbocycles. The van der Waals surface area contributed by atoms with Crippen molar-refractivity contribution in [2.75, 3.05) is 13.2 Å². The molecule has 0 radical (unpaired) electrons. The number of carbonyl (C=O) groups is 3. The highest BCUT2D eigenvalue weighted by Crippen LogP contribution is 2.14. The molecule has 0 aromatic carbocycles. The lowest BCUT2D eigenvalue weighted by molar-refractivity contribution is -0.167. The highest BCUT2D eigenvalue weighted by Gasteiger charge is 2.19. The molecule has 0 heterocycles. The minimum absolute atomic E-state index is 0.106. The standard InChI is InChI=1S/C52H88O6/c1-4-7-10-13-16-19-22-24-25-26-27-28-31-33-36-39-42-45-51(54)57-48-49(47-56-50(53)44-41-38-35-32-29-21-18-15-12-9-6-3)58-52(55)46-43-40-37-34-30-23-20-17-14-11-8-5-2/h15-16,18-19,21,24-25,27-29,33,36,49H,4-14,17,20,22-23,26,30-32,34-35,37-48H2,1-3H3/b18-15-,19-16-,25-24-,28-27-,29-21-,36-33-. The molecule has 0 aromatic heterocycles. The minimum Gasteiger partial charge on any atom is -0.462 e. The zero-order valence-corrected chi connectivity index (χ0v) is 37.8. The third-order valence-corrected chi connectivity index (χ3v) is 9.96. The highest BCUT2D eigenvalue weighted by molar-refractivity contribution is 5.71. The van der Waals surface area contributed by atoms with E-state index < -0.39 is 6.10 Å². The third-order valence-electron chi connectivity index (χ3n) is 9.96. The fourth-order valence-electron chi connectivity index (χ4n) is 6.29. The van der Waals surface area contributed by atoms with E-state index >= 15 is 0 Å². The van der Waals surface area contributed by atoms with Gasteiger partial charge in [0.1, 0.15) is 13.2 Å². The van der Waals surface area contributed by atoms with Crippen LogP contribution in [-0.4, -0.2) is 37.2 Å². The van der Waals surface area contributed by atoms with Gasteiger partial charge >= 0.3 is 17.9 Å². The molecule has 0 rings (SSSR count). The normalized spacial score (nSPS) is 12.7. The first-order valence-electron chi connectivity index (χ1n) is 24.0. The number of hydrogen-bond donors (Lipinski definition) is 0. The first-order chi connectivity index (χ1) is 28.5. The Kier molecular flexibility index (Phi) is 44.0. The molecule has 332 valence electrons. The molecular weight excluding hydrogens is 721 g/mol. The summed E-state index contributed by atoms with van der Waals surface area (Å²) in [5.74, 6) is -0.991. The lowest BCUT2D eigenvalue weighted by atomic mass is 10.0. The Labute approximate surface area is 357 Å². The Bertz CT molecular complexity index is 1110. The average molecular weight is 809 g/mol. The van der Waals surface area contributed by atoms with Crippen LogP contribution in [0.2, 0.25) is 0 Å². The number of carbonyl (C=O) groups excluding carboxylic acids is 3. The summed E-state index contributed by atoms with van der Waals surface area (Å²) in [5, 5.41) is 0. The molecular formula is C52H88O6. The van der Waals surface area contributed by atoms with Crippen LogP contribution in [0.25, 0.3) is 0 Å². The maximum atomic E-state index is 12.7. The van der Waals surface area contributed by atoms with Gasteiger partial charge in [-0.15, -0.1) is 0 Å². The molecule has 0 fully saturated rings. The maximum absolute atomic E-state index is 12.7. The zero-order valence-electron chi connectivity index (χ0n) is 37.8. The zero-order chi connectivity index (χ0) is 42.3. The second kappa shape index (κ2) is 46.5. The van der Waals surface area contributed by atoms with Crippen molar-refractivity contribution in [3.05, 3.63) is 72.9 Å². The van der Waals surface area contributed by atoms with Gasteiger partial charge in [0.05, 0.1) is 0 Å². The number of hydrogen-bond acceptors (Lipinski definition) is 6. The molecule has 0 aliphatic carbocycles. The van der Waals surface area contributed by atoms with Crippen molar-refractivity contribution in [2.24, 2.45) is 0 Å². The third kappa shape index (κ3) is 44.0. The first kappa shape index (κ1) is 54.9. The van der Waals surface area contributed by atoms with Crippen LogP contribution in [0, 0.1) is 0 Å². The summed E-state index contributed by atoms with van der Waals surface area (Å²) in [6.07, 6.45) is 57.4. The second-order valence-electron chi connectivity index (χ2n) is 15.7. The van der Waals surface area contributed by atoms with Crippen molar-refractivity contribution >= 4 is 17.9 Å². The van der Waals surface area contributed by atoms with Crippen LogP contribution >= 0.6 is 0 Å². The largest absolute Gasteiger partial charge is 0.462 e. The topological polar surface area (TPSA) is 78.9 Å². The van der Waals surface area contributed by atoms with E-state index in [0.717, 1.165) is 77.0 Å². The van der Waals surface area contributed by atoms with E-state index in [1.165, 1.54) is 96.3 Å². The van der Waals surface area contributed by atoms with Crippen molar-refractivity contribution in [3.63, 3.8) is 0 Å². The van der Waals surface area contributed by atoms with Gasteiger partial charge in [0.2, 0.25) is 0 Å². The van der Waals surface area contributed by atoms with Crippen LogP contribution in [0.5, 0.6) is 0 Å². The monoisotopic (exact) mass is 809 g/mol. The Hall–Kier alpha value is -3.15. The van der Waals surface area contributed by atoms with Gasteiger partial charge < -0.3 is 14.2 Å². The molecule has 0 N–H and O–H groups in total. The number of unbranched alkanes of at least 4 members (excludes halogenated alkanes) is 20. The molecule has 6 heteroatoms. The summed E-state index contributed by atoms with van der Waals surface area (Å²) in [7, 11) is 0. The van der Waals surface area contributed by atoms with Gasteiger partial charge in [-0.3, -0.25) is 14.4 Å². The fraction of sp³-hybridized carbons (Fsp3) is 0.712. The SMILES string of the molecule is CCCC/C=C\C=C/CCCCCC(=O)OCC(COC(=O)CCC/C=C\C/C=C\C/C=C\C/C=C\CCCCC)OC(=O)CCCCCCCCCCCCCC. The molecule has 0 aromatic rings. The molecule has 58 heavy (non-hydrogen) atoms. The molecule has 1 unspecified atom stereocenters. The van der Waals surface area contributed by atoms with E-state index in [1.54, 1.807) is 0 Å². The van der Waals surface area contributed by atoms with Crippen molar-refractivity contribution in [2.45, 2.75) is 226 Å². The van der Waals surface area contributed by atoms with Crippen LogP contribution in [0.15, 0.2) is 72.9 Å². The van der Waals surface area contributed by atoms with E-state index in [-0.39, 0.29) is 37.5 Å². The van der Waals surface area contributed by atoms with Gasteiger partial charge in [-0.05, 0) is 77.0 Å². The molecule has 0 saturated heterocycles. The summed E-state index contributed by atoms with van der Waals surface area (Å²) in [6, 6.07) is 0. The first-order valence-corrected chi connectivity index (χ1v) is 24.0. The minimum atomic E-state index is -0.804. The summed E-state index contributed by atoms with van der Waals surface area (Å²) >= 11 is 0. The summed E-state index contributed by atoms with van der Waals surface area (Å²) in [4.78, 5) is 37.8. The van der Waals surface area contributed by atoms with Gasteiger partial charge in [0, 0.05) is 19.3 Å². The molecule has 0 aliphatic heterocycles. The smallest absolute Gasteiger partial charge is 0.306 e. The van der Waals surface area contributed by atoms with Gasteiger partial charge in [-0.1, -0.05) is 196 Å². The summed E-state index contributed by atoms with van der Waals surface area (Å²) < 4.78 is 16.7. The molecule has 0 bridgehead atoms. The summed E-state index contributed by atoms with van der Waals surface area (Å²) in [6.45, 7) is 6.47. The molecule has 0 aliphatic rings. The van der Waals surface area contributed by atoms with E-state index in [1.807, 2.05) is 0 Å². The maximum Gasteiger partial charge on any atom is 0.306 e. The molecule has 0 amide bonds. The lowest BCUT2D eigenvalue weighted by Crippen LogP contribution is -2.30. The van der Waals surface area contributed by atoms with E-state index in [9.17, 15) is 14.4 Å². The Morgan fingerprint density at radius 1 is 0.362 bits per heavy atom. The number of rotatable bonds is 42. The van der Waals surface area contributed by atoms with E-state index in [2.05, 4.69) is 93.7 Å². The van der Waals surface area contributed by atoms with E-state index in [4.69, 9.17) is 14.2 Å². The quantitative estimate of drug-likeness (QED) is 0.0201. The lowest BCUT2D eigenvalue weighted by Gasteiger charge is -2.18. The van der Waals surface area contributed by atoms with E-state index in [0.29, 0.717) is 19.3 Å².